The molecule has 2 rings (SSSR count). The number of hydrogen-bond acceptors (Lipinski definition) is 5. The van der Waals surface area contributed by atoms with Crippen LogP contribution in [0.4, 0.5) is 4.79 Å². The Morgan fingerprint density at radius 2 is 1.96 bits per heavy atom. The first-order chi connectivity index (χ1) is 12.1. The fraction of sp³-hybridized carbons (Fsp3) is 0.333. The highest BCUT2D eigenvalue weighted by Gasteiger charge is 2.16. The Labute approximate surface area is 146 Å². The number of carbonyl (C=O) groups excluding carboxylic acids is 2. The number of hydrogen-bond donors (Lipinski definition) is 3. The molecule has 25 heavy (non-hydrogen) atoms. The molecule has 0 saturated heterocycles. The number of aromatic hydroxyl groups is 1. The van der Waals surface area contributed by atoms with Crippen molar-refractivity contribution in [2.24, 2.45) is 0 Å². The van der Waals surface area contributed by atoms with Crippen molar-refractivity contribution < 1.29 is 19.1 Å². The Balaban J connectivity index is 2.00. The number of para-hydroxylation sites is 1. The summed E-state index contributed by atoms with van der Waals surface area (Å²) in [5, 5.41) is 14.8. The van der Waals surface area contributed by atoms with Gasteiger partial charge in [0.1, 0.15) is 11.5 Å². The Bertz CT molecular complexity index is 685. The minimum absolute atomic E-state index is 0.00538. The van der Waals surface area contributed by atoms with Crippen LogP contribution >= 0.6 is 0 Å². The maximum absolute atomic E-state index is 12.1. The van der Waals surface area contributed by atoms with E-state index in [0.29, 0.717) is 31.0 Å². The van der Waals surface area contributed by atoms with Crippen molar-refractivity contribution in [3.8, 4) is 5.75 Å². The van der Waals surface area contributed by atoms with E-state index in [1.165, 1.54) is 0 Å². The quantitative estimate of drug-likeness (QED) is 0.682. The Hall–Kier alpha value is -2.80. The lowest BCUT2D eigenvalue weighted by atomic mass is 10.2. The molecule has 3 N–H and O–H groups in total. The second-order valence-corrected chi connectivity index (χ2v) is 5.66. The van der Waals surface area contributed by atoms with Crippen molar-refractivity contribution in [2.75, 3.05) is 13.1 Å². The summed E-state index contributed by atoms with van der Waals surface area (Å²) in [5.74, 6) is 0.433. The third kappa shape index (κ3) is 6.31. The second kappa shape index (κ2) is 9.48. The number of phenolic OH excluding ortho intramolecular Hbond substituents is 1. The number of benzene rings is 1. The van der Waals surface area contributed by atoms with Crippen molar-refractivity contribution >= 4 is 11.9 Å². The molecule has 0 aliphatic carbocycles. The normalized spacial score (nSPS) is 10.6. The zero-order chi connectivity index (χ0) is 18.1. The minimum Gasteiger partial charge on any atom is -0.508 e. The summed E-state index contributed by atoms with van der Waals surface area (Å²) in [6, 6.07) is 10.0. The topological polar surface area (TPSA) is 94.8 Å². The van der Waals surface area contributed by atoms with Gasteiger partial charge in [-0.3, -0.25) is 15.0 Å². The van der Waals surface area contributed by atoms with Gasteiger partial charge in [-0.15, -0.1) is 0 Å². The summed E-state index contributed by atoms with van der Waals surface area (Å²) in [6.07, 6.45) is 2.35. The van der Waals surface area contributed by atoms with E-state index in [-0.39, 0.29) is 12.3 Å². The molecule has 0 spiro atoms. The van der Waals surface area contributed by atoms with Gasteiger partial charge in [0.05, 0.1) is 19.4 Å². The molecule has 0 atom stereocenters. The molecule has 0 unspecified atom stereocenters. The van der Waals surface area contributed by atoms with Gasteiger partial charge >= 0.3 is 6.03 Å². The summed E-state index contributed by atoms with van der Waals surface area (Å²) in [5.41, 5.74) is 0.692. The minimum atomic E-state index is -0.507. The Morgan fingerprint density at radius 3 is 2.64 bits per heavy atom. The zero-order valence-corrected chi connectivity index (χ0v) is 14.2. The SMILES string of the molecule is CCCNC(=O)NC(=O)CN(Cc1ccco1)Cc1ccccc1O. The molecule has 0 saturated carbocycles. The number of imide groups is 1. The maximum atomic E-state index is 12.1. The van der Waals surface area contributed by atoms with Crippen molar-refractivity contribution in [1.29, 1.82) is 0 Å². The molecule has 0 aliphatic heterocycles. The number of furan rings is 1. The second-order valence-electron chi connectivity index (χ2n) is 5.66. The predicted molar refractivity (Wildman–Crippen MR) is 92.8 cm³/mol. The molecule has 1 aromatic carbocycles. The van der Waals surface area contributed by atoms with Crippen LogP contribution in [0.3, 0.4) is 0 Å². The fourth-order valence-corrected chi connectivity index (χ4v) is 2.33. The van der Waals surface area contributed by atoms with E-state index in [0.717, 1.165) is 6.42 Å². The smallest absolute Gasteiger partial charge is 0.321 e. The Kier molecular flexibility index (Phi) is 7.03. The largest absolute Gasteiger partial charge is 0.508 e. The van der Waals surface area contributed by atoms with Crippen LogP contribution in [0.25, 0.3) is 0 Å². The number of urea groups is 1. The molecular formula is C18H23N3O4. The van der Waals surface area contributed by atoms with Gasteiger partial charge in [-0.2, -0.15) is 0 Å². The summed E-state index contributed by atoms with van der Waals surface area (Å²) in [6.45, 7) is 3.16. The van der Waals surface area contributed by atoms with E-state index in [4.69, 9.17) is 4.42 Å². The van der Waals surface area contributed by atoms with Crippen LogP contribution < -0.4 is 10.6 Å². The first-order valence-corrected chi connectivity index (χ1v) is 8.17. The average molecular weight is 345 g/mol. The van der Waals surface area contributed by atoms with Gasteiger partial charge in [-0.1, -0.05) is 25.1 Å². The average Bonchev–Trinajstić information content (AvgIpc) is 3.07. The van der Waals surface area contributed by atoms with E-state index in [1.54, 1.807) is 35.4 Å². The van der Waals surface area contributed by atoms with Gasteiger partial charge < -0.3 is 14.8 Å². The standard InChI is InChI=1S/C18H23N3O4/c1-2-9-19-18(24)20-17(23)13-21(12-15-7-5-10-25-15)11-14-6-3-4-8-16(14)22/h3-8,10,22H,2,9,11-13H2,1H3,(H2,19,20,23,24). The summed E-state index contributed by atoms with van der Waals surface area (Å²) >= 11 is 0. The van der Waals surface area contributed by atoms with Crippen LogP contribution in [0.1, 0.15) is 24.7 Å². The van der Waals surface area contributed by atoms with Crippen LogP contribution in [0.2, 0.25) is 0 Å². The highest BCUT2D eigenvalue weighted by molar-refractivity contribution is 5.95. The third-order valence-corrected chi connectivity index (χ3v) is 3.50. The van der Waals surface area contributed by atoms with Gasteiger partial charge in [0, 0.05) is 18.7 Å². The zero-order valence-electron chi connectivity index (χ0n) is 14.2. The Morgan fingerprint density at radius 1 is 1.16 bits per heavy atom. The third-order valence-electron chi connectivity index (χ3n) is 3.50. The molecule has 1 aromatic heterocycles. The van der Waals surface area contributed by atoms with E-state index >= 15 is 0 Å². The van der Waals surface area contributed by atoms with Crippen LogP contribution in [-0.4, -0.2) is 35.0 Å². The molecule has 7 nitrogen and oxygen atoms in total. The van der Waals surface area contributed by atoms with E-state index in [9.17, 15) is 14.7 Å². The van der Waals surface area contributed by atoms with Crippen molar-refractivity contribution in [2.45, 2.75) is 26.4 Å². The first-order valence-electron chi connectivity index (χ1n) is 8.17. The van der Waals surface area contributed by atoms with Crippen LogP contribution in [0.15, 0.2) is 47.1 Å². The molecule has 2 aromatic rings. The van der Waals surface area contributed by atoms with Crippen LogP contribution in [0, 0.1) is 0 Å². The number of nitrogens with zero attached hydrogens (tertiary/aromatic N) is 1. The highest BCUT2D eigenvalue weighted by atomic mass is 16.3. The monoisotopic (exact) mass is 345 g/mol. The summed E-state index contributed by atoms with van der Waals surface area (Å²) < 4.78 is 5.33. The van der Waals surface area contributed by atoms with E-state index in [2.05, 4.69) is 10.6 Å². The fourth-order valence-electron chi connectivity index (χ4n) is 2.33. The lowest BCUT2D eigenvalue weighted by Gasteiger charge is -2.21. The lowest BCUT2D eigenvalue weighted by Crippen LogP contribution is -2.44. The van der Waals surface area contributed by atoms with Crippen molar-refractivity contribution in [3.05, 3.63) is 54.0 Å². The summed E-state index contributed by atoms with van der Waals surface area (Å²) in [4.78, 5) is 25.5. The van der Waals surface area contributed by atoms with Crippen molar-refractivity contribution in [1.82, 2.24) is 15.5 Å². The molecule has 3 amide bonds. The molecule has 0 fully saturated rings. The molecule has 0 radical (unpaired) electrons. The molecule has 0 aliphatic rings. The number of rotatable bonds is 8. The molecule has 1 heterocycles. The van der Waals surface area contributed by atoms with E-state index < -0.39 is 11.9 Å². The number of nitrogens with one attached hydrogen (secondary N) is 2. The molecule has 0 bridgehead atoms. The van der Waals surface area contributed by atoms with Gasteiger partial charge in [-0.25, -0.2) is 4.79 Å². The van der Waals surface area contributed by atoms with Gasteiger partial charge in [0.15, 0.2) is 0 Å². The molecule has 7 heteroatoms. The van der Waals surface area contributed by atoms with Gasteiger partial charge in [0.25, 0.3) is 0 Å². The summed E-state index contributed by atoms with van der Waals surface area (Å²) in [7, 11) is 0. The predicted octanol–water partition coefficient (Wildman–Crippen LogP) is 2.22. The van der Waals surface area contributed by atoms with Gasteiger partial charge in [0.2, 0.25) is 5.91 Å². The number of carbonyl (C=O) groups is 2. The maximum Gasteiger partial charge on any atom is 0.321 e. The molecule has 134 valence electrons. The number of phenols is 1. The molecular weight excluding hydrogens is 322 g/mol. The lowest BCUT2D eigenvalue weighted by molar-refractivity contribution is -0.121. The van der Waals surface area contributed by atoms with Crippen LogP contribution in [0.5, 0.6) is 5.75 Å². The highest BCUT2D eigenvalue weighted by Crippen LogP contribution is 2.19. The van der Waals surface area contributed by atoms with Crippen molar-refractivity contribution in [3.63, 3.8) is 0 Å². The number of amides is 3. The van der Waals surface area contributed by atoms with Crippen LogP contribution in [-0.2, 0) is 17.9 Å². The van der Waals surface area contributed by atoms with Gasteiger partial charge in [-0.05, 0) is 24.6 Å². The first kappa shape index (κ1) is 18.5. The van der Waals surface area contributed by atoms with E-state index in [1.807, 2.05) is 19.1 Å².